The van der Waals surface area contributed by atoms with Gasteiger partial charge in [0.15, 0.2) is 0 Å². The molecule has 0 aliphatic carbocycles. The average molecular weight is 264 g/mol. The van der Waals surface area contributed by atoms with Gasteiger partial charge in [-0.15, -0.1) is 0 Å². The summed E-state index contributed by atoms with van der Waals surface area (Å²) in [6, 6.07) is 0.622. The van der Waals surface area contributed by atoms with Crippen LogP contribution in [0.15, 0.2) is 12.4 Å². The number of rotatable bonds is 4. The zero-order valence-corrected chi connectivity index (χ0v) is 12.8. The Morgan fingerprint density at radius 3 is 2.84 bits per heavy atom. The second-order valence-electron chi connectivity index (χ2n) is 6.92. The van der Waals surface area contributed by atoms with Gasteiger partial charge in [-0.25, -0.2) is 0 Å². The smallest absolute Gasteiger partial charge is 0.0752 e. The summed E-state index contributed by atoms with van der Waals surface area (Å²) < 4.78 is 1.88. The Morgan fingerprint density at radius 1 is 1.42 bits per heavy atom. The molecule has 4 nitrogen and oxygen atoms in total. The Balaban J connectivity index is 1.80. The molecule has 0 amide bonds. The first-order valence-electron chi connectivity index (χ1n) is 7.41. The van der Waals surface area contributed by atoms with E-state index in [1.54, 1.807) is 0 Å². The van der Waals surface area contributed by atoms with E-state index >= 15 is 0 Å². The van der Waals surface area contributed by atoms with Crippen molar-refractivity contribution in [2.45, 2.75) is 46.1 Å². The van der Waals surface area contributed by atoms with Crippen molar-refractivity contribution >= 4 is 5.69 Å². The van der Waals surface area contributed by atoms with E-state index in [0.29, 0.717) is 11.5 Å². The Kier molecular flexibility index (Phi) is 4.50. The van der Waals surface area contributed by atoms with Crippen LogP contribution in [0.25, 0.3) is 0 Å². The summed E-state index contributed by atoms with van der Waals surface area (Å²) in [5, 5.41) is 7.98. The molecular weight excluding hydrogens is 236 g/mol. The van der Waals surface area contributed by atoms with Crippen LogP contribution < -0.4 is 10.2 Å². The van der Waals surface area contributed by atoms with Gasteiger partial charge in [-0.1, -0.05) is 20.8 Å². The first-order valence-corrected chi connectivity index (χ1v) is 7.41. The summed E-state index contributed by atoms with van der Waals surface area (Å²) in [5.41, 5.74) is 1.68. The summed E-state index contributed by atoms with van der Waals surface area (Å²) >= 11 is 0. The minimum Gasteiger partial charge on any atom is -0.367 e. The maximum absolute atomic E-state index is 4.27. The molecule has 1 aromatic rings. The van der Waals surface area contributed by atoms with Crippen molar-refractivity contribution in [2.75, 3.05) is 24.5 Å². The topological polar surface area (TPSA) is 33.1 Å². The molecule has 1 atom stereocenters. The summed E-state index contributed by atoms with van der Waals surface area (Å²) in [6.45, 7) is 10.3. The molecule has 2 heterocycles. The molecule has 1 fully saturated rings. The number of anilines is 1. The van der Waals surface area contributed by atoms with Crippen LogP contribution in [0.3, 0.4) is 0 Å². The maximum Gasteiger partial charge on any atom is 0.0752 e. The number of piperidine rings is 1. The van der Waals surface area contributed by atoms with Crippen LogP contribution in [0.4, 0.5) is 5.69 Å². The van der Waals surface area contributed by atoms with E-state index in [0.717, 1.165) is 19.6 Å². The predicted octanol–water partition coefficient (Wildman–Crippen LogP) is 2.41. The van der Waals surface area contributed by atoms with Gasteiger partial charge in [-0.3, -0.25) is 4.68 Å². The van der Waals surface area contributed by atoms with Gasteiger partial charge in [0.05, 0.1) is 11.9 Å². The van der Waals surface area contributed by atoms with Gasteiger partial charge in [-0.05, 0) is 31.2 Å². The summed E-state index contributed by atoms with van der Waals surface area (Å²) in [6.07, 6.45) is 7.87. The molecule has 0 spiro atoms. The summed E-state index contributed by atoms with van der Waals surface area (Å²) in [7, 11) is 1.98. The zero-order valence-electron chi connectivity index (χ0n) is 12.8. The summed E-state index contributed by atoms with van der Waals surface area (Å²) in [4.78, 5) is 2.45. The van der Waals surface area contributed by atoms with E-state index < -0.39 is 0 Å². The molecule has 0 bridgehead atoms. The Morgan fingerprint density at radius 2 is 2.21 bits per heavy atom. The van der Waals surface area contributed by atoms with Crippen LogP contribution in [0.5, 0.6) is 0 Å². The highest BCUT2D eigenvalue weighted by Gasteiger charge is 2.21. The number of aromatic nitrogens is 2. The standard InChI is InChI=1S/C15H28N4/c1-15(2,3)7-8-16-13-6-5-9-19(11-13)14-10-17-18(4)12-14/h10,12-13,16H,5-9,11H2,1-4H3/t13-/m1/s1. The van der Waals surface area contributed by atoms with E-state index in [4.69, 9.17) is 0 Å². The third-order valence-electron chi connectivity index (χ3n) is 3.79. The molecule has 1 aromatic heterocycles. The predicted molar refractivity (Wildman–Crippen MR) is 80.5 cm³/mol. The number of aryl methyl sites for hydroxylation is 1. The molecule has 0 unspecified atom stereocenters. The van der Waals surface area contributed by atoms with Crippen LogP contribution in [0, 0.1) is 5.41 Å². The van der Waals surface area contributed by atoms with Gasteiger partial charge in [0.1, 0.15) is 0 Å². The van der Waals surface area contributed by atoms with Gasteiger partial charge in [0, 0.05) is 32.4 Å². The van der Waals surface area contributed by atoms with E-state index in [1.807, 2.05) is 17.9 Å². The highest BCUT2D eigenvalue weighted by Crippen LogP contribution is 2.20. The minimum atomic E-state index is 0.421. The van der Waals surface area contributed by atoms with Gasteiger partial charge < -0.3 is 10.2 Å². The molecule has 1 N–H and O–H groups in total. The fourth-order valence-electron chi connectivity index (χ4n) is 2.60. The lowest BCUT2D eigenvalue weighted by Crippen LogP contribution is -2.46. The highest BCUT2D eigenvalue weighted by atomic mass is 15.3. The first-order chi connectivity index (χ1) is 8.94. The Hall–Kier alpha value is -1.03. The van der Waals surface area contributed by atoms with Crippen molar-refractivity contribution in [3.05, 3.63) is 12.4 Å². The van der Waals surface area contributed by atoms with Crippen molar-refractivity contribution in [1.29, 1.82) is 0 Å². The third kappa shape index (κ3) is 4.53. The third-order valence-corrected chi connectivity index (χ3v) is 3.79. The fraction of sp³-hybridized carbons (Fsp3) is 0.800. The van der Waals surface area contributed by atoms with Gasteiger partial charge >= 0.3 is 0 Å². The quantitative estimate of drug-likeness (QED) is 0.906. The molecule has 108 valence electrons. The lowest BCUT2D eigenvalue weighted by molar-refractivity contribution is 0.340. The number of hydrogen-bond donors (Lipinski definition) is 1. The van der Waals surface area contributed by atoms with Crippen LogP contribution in [-0.4, -0.2) is 35.5 Å². The van der Waals surface area contributed by atoms with E-state index in [9.17, 15) is 0 Å². The first kappa shape index (κ1) is 14.4. The molecule has 1 saturated heterocycles. The average Bonchev–Trinajstić information content (AvgIpc) is 2.75. The van der Waals surface area contributed by atoms with Crippen molar-refractivity contribution in [2.24, 2.45) is 12.5 Å². The van der Waals surface area contributed by atoms with Crippen molar-refractivity contribution < 1.29 is 0 Å². The molecule has 19 heavy (non-hydrogen) atoms. The van der Waals surface area contributed by atoms with E-state index in [-0.39, 0.29) is 0 Å². The van der Waals surface area contributed by atoms with E-state index in [2.05, 4.69) is 42.3 Å². The second-order valence-corrected chi connectivity index (χ2v) is 6.92. The molecule has 1 aliphatic heterocycles. The van der Waals surface area contributed by atoms with Crippen molar-refractivity contribution in [3.8, 4) is 0 Å². The van der Waals surface area contributed by atoms with Crippen LogP contribution in [0.1, 0.15) is 40.0 Å². The fourth-order valence-corrected chi connectivity index (χ4v) is 2.60. The molecule has 4 heteroatoms. The van der Waals surface area contributed by atoms with Crippen LogP contribution in [0.2, 0.25) is 0 Å². The molecular formula is C15H28N4. The van der Waals surface area contributed by atoms with Crippen molar-refractivity contribution in [3.63, 3.8) is 0 Å². The largest absolute Gasteiger partial charge is 0.367 e. The van der Waals surface area contributed by atoms with Gasteiger partial charge in [-0.2, -0.15) is 5.10 Å². The Labute approximate surface area is 117 Å². The Bertz CT molecular complexity index is 391. The number of nitrogens with zero attached hydrogens (tertiary/aromatic N) is 3. The monoisotopic (exact) mass is 264 g/mol. The van der Waals surface area contributed by atoms with Gasteiger partial charge in [0.25, 0.3) is 0 Å². The van der Waals surface area contributed by atoms with Crippen molar-refractivity contribution in [1.82, 2.24) is 15.1 Å². The molecule has 0 aromatic carbocycles. The normalized spacial score (nSPS) is 20.8. The molecule has 2 rings (SSSR count). The highest BCUT2D eigenvalue weighted by molar-refractivity contribution is 5.42. The van der Waals surface area contributed by atoms with Crippen LogP contribution in [-0.2, 0) is 7.05 Å². The second kappa shape index (κ2) is 5.95. The summed E-state index contributed by atoms with van der Waals surface area (Å²) in [5.74, 6) is 0. The number of nitrogens with one attached hydrogen (secondary N) is 1. The molecule has 1 aliphatic rings. The molecule has 0 saturated carbocycles. The van der Waals surface area contributed by atoms with Crippen LogP contribution >= 0.6 is 0 Å². The lowest BCUT2D eigenvalue weighted by Gasteiger charge is -2.34. The zero-order chi connectivity index (χ0) is 13.9. The van der Waals surface area contributed by atoms with Gasteiger partial charge in [0.2, 0.25) is 0 Å². The SMILES string of the molecule is Cn1cc(N2CCC[C@@H](NCCC(C)(C)C)C2)cn1. The number of hydrogen-bond acceptors (Lipinski definition) is 3. The lowest BCUT2D eigenvalue weighted by atomic mass is 9.92. The minimum absolute atomic E-state index is 0.421. The maximum atomic E-state index is 4.27. The molecule has 0 radical (unpaired) electrons. The van der Waals surface area contributed by atoms with E-state index in [1.165, 1.54) is 24.9 Å².